The third-order valence-electron chi connectivity index (χ3n) is 9.63. The molecule has 0 aliphatic rings. The average molecular weight is 1040 g/mol. The molecule has 4 aromatic rings. The number of aromatic nitrogens is 4. The molecule has 0 radical (unpaired) electrons. The number of aliphatic hydroxyl groups is 4. The number of hydrogen-bond acceptors (Lipinski definition) is 15. The first-order chi connectivity index (χ1) is 31.6. The van der Waals surface area contributed by atoms with E-state index < -0.39 is 80.9 Å². The van der Waals surface area contributed by atoms with E-state index in [4.69, 9.17) is 10.2 Å². The number of hydrogen-bond donors (Lipinski definition) is 7. The zero-order valence-corrected chi connectivity index (χ0v) is 43.7. The van der Waals surface area contributed by atoms with Gasteiger partial charge in [0, 0.05) is 49.2 Å². The first-order valence-electron chi connectivity index (χ1n) is 20.9. The number of aliphatic carboxylic acids is 2. The van der Waals surface area contributed by atoms with Crippen LogP contribution < -0.4 is 14.3 Å². The summed E-state index contributed by atoms with van der Waals surface area (Å²) in [6.45, 7) is 7.41. The van der Waals surface area contributed by atoms with Crippen molar-refractivity contribution < 1.29 is 68.7 Å². The summed E-state index contributed by atoms with van der Waals surface area (Å²) < 4.78 is 77.2. The molecule has 2 aromatic heterocycles. The molecule has 378 valence electrons. The van der Waals surface area contributed by atoms with Crippen molar-refractivity contribution >= 4 is 93.8 Å². The molecule has 2 heterocycles. The maximum Gasteiger partial charge on any atom is 2.00 e. The van der Waals surface area contributed by atoms with Crippen LogP contribution in [-0.4, -0.2) is 175 Å². The molecule has 0 bridgehead atoms. The van der Waals surface area contributed by atoms with Crippen LogP contribution in [0.1, 0.15) is 90.6 Å². The number of benzene rings is 2. The zero-order chi connectivity index (χ0) is 51.8. The van der Waals surface area contributed by atoms with Gasteiger partial charge in [0.15, 0.2) is 0 Å². The van der Waals surface area contributed by atoms with Crippen LogP contribution in [0.15, 0.2) is 60.7 Å². The number of aliphatic hydroxyl groups excluding tert-OH is 4. The van der Waals surface area contributed by atoms with Crippen LogP contribution in [0, 0.1) is 11.6 Å². The molecule has 19 nitrogen and oxygen atoms in total. The Morgan fingerprint density at radius 2 is 0.913 bits per heavy atom. The molecule has 0 aliphatic heterocycles. The van der Waals surface area contributed by atoms with Crippen LogP contribution in [0.4, 0.5) is 20.7 Å². The molecule has 0 unspecified atom stereocenters. The van der Waals surface area contributed by atoms with E-state index in [2.05, 4.69) is 25.7 Å². The Bertz CT molecular complexity index is 2440. The molecule has 4 atom stereocenters. The summed E-state index contributed by atoms with van der Waals surface area (Å²) in [5.41, 5.74) is 8.10. The number of carboxylic acid groups (broad SMARTS) is 2. The Morgan fingerprint density at radius 1 is 0.623 bits per heavy atom. The van der Waals surface area contributed by atoms with Gasteiger partial charge in [0.2, 0.25) is 31.9 Å². The van der Waals surface area contributed by atoms with E-state index in [1.165, 1.54) is 94.0 Å². The van der Waals surface area contributed by atoms with Gasteiger partial charge >= 0.3 is 49.7 Å². The van der Waals surface area contributed by atoms with Gasteiger partial charge in [-0.1, -0.05) is 52.0 Å². The van der Waals surface area contributed by atoms with Crippen LogP contribution in [0.5, 0.6) is 0 Å². The normalized spacial score (nSPS) is 13.4. The van der Waals surface area contributed by atoms with Gasteiger partial charge < -0.3 is 39.2 Å². The van der Waals surface area contributed by atoms with Crippen LogP contribution >= 0.6 is 0 Å². The Hall–Kier alpha value is -4.56. The van der Waals surface area contributed by atoms with E-state index in [9.17, 15) is 55.6 Å². The standard InChI is InChI=1S/2C22H28FN3O6S.CH5N.Ca.2H/c2*1-13(2)20-18(10-9-16(27)11-17(28)12-19(29)30)21(14-5-7-15(23)8-6-14)25-22(24-20)26(3)33(4,31)32;1-2;;;/h2*5-10,13,16-17,27-28H,11-12H2,1-4H3,(H,29,30);2H2,1H3;;;/q;;;+2;2*-1/t2*16-,17-;;;;/m11..../s1. The second-order valence-electron chi connectivity index (χ2n) is 16.0. The number of carboxylic acids is 2. The summed E-state index contributed by atoms with van der Waals surface area (Å²) in [5, 5.41) is 57.6. The third kappa shape index (κ3) is 20.0. The molecule has 0 spiro atoms. The predicted octanol–water partition coefficient (Wildman–Crippen LogP) is 4.22. The van der Waals surface area contributed by atoms with E-state index >= 15 is 0 Å². The van der Waals surface area contributed by atoms with Gasteiger partial charge in [0.25, 0.3) is 0 Å². The van der Waals surface area contributed by atoms with E-state index in [1.807, 2.05) is 27.7 Å². The van der Waals surface area contributed by atoms with E-state index in [0.717, 1.165) is 21.1 Å². The quantitative estimate of drug-likeness (QED) is 0.0610. The monoisotopic (exact) mass is 1040 g/mol. The van der Waals surface area contributed by atoms with Crippen molar-refractivity contribution in [3.8, 4) is 22.5 Å². The summed E-state index contributed by atoms with van der Waals surface area (Å²) in [4.78, 5) is 39.1. The SMILES string of the molecule is CC(C)c1nc(N(C)S(C)(=O)=O)nc(-c2ccc(F)cc2)c1C=C[C@@H](O)C[C@@H](O)CC(=O)O.CC(C)c1nc(N(C)S(C)(=O)=O)nc(-c2ccc(F)cc2)c1C=C[C@@H](O)C[C@@H](O)CC(=O)O.CN.[Ca+2].[H-].[H-]. The van der Waals surface area contributed by atoms with Gasteiger partial charge in [0.05, 0.1) is 72.5 Å². The van der Waals surface area contributed by atoms with Gasteiger partial charge in [0.1, 0.15) is 11.6 Å². The summed E-state index contributed by atoms with van der Waals surface area (Å²) in [7, 11) is -3.15. The smallest absolute Gasteiger partial charge is 1.00 e. The Kier molecular flexibility index (Phi) is 25.6. The number of nitrogens with two attached hydrogens (primary N) is 1. The van der Waals surface area contributed by atoms with Crippen molar-refractivity contribution in [1.29, 1.82) is 0 Å². The van der Waals surface area contributed by atoms with Gasteiger partial charge in [-0.05, 0) is 67.4 Å². The molecule has 8 N–H and O–H groups in total. The fourth-order valence-corrected chi connectivity index (χ4v) is 6.85. The maximum absolute atomic E-state index is 13.5. The Balaban J connectivity index is 0. The minimum absolute atomic E-state index is 0. The van der Waals surface area contributed by atoms with Crippen molar-refractivity contribution in [3.63, 3.8) is 0 Å². The van der Waals surface area contributed by atoms with Crippen molar-refractivity contribution in [2.45, 2.75) is 89.6 Å². The van der Waals surface area contributed by atoms with Gasteiger partial charge in [-0.3, -0.25) is 9.59 Å². The van der Waals surface area contributed by atoms with Crippen molar-refractivity contribution in [3.05, 3.63) is 94.8 Å². The first-order valence-corrected chi connectivity index (χ1v) is 24.6. The Morgan fingerprint density at radius 3 is 1.16 bits per heavy atom. The number of carbonyl (C=O) groups is 2. The minimum Gasteiger partial charge on any atom is -1.00 e. The second-order valence-corrected chi connectivity index (χ2v) is 20.0. The maximum atomic E-state index is 13.5. The van der Waals surface area contributed by atoms with Crippen LogP contribution in [0.2, 0.25) is 0 Å². The molecular formula is C45H63CaF2N7O12S2. The summed E-state index contributed by atoms with van der Waals surface area (Å²) in [6.07, 6.45) is 1.72. The largest absolute Gasteiger partial charge is 2.00 e. The fourth-order valence-electron chi connectivity index (χ4n) is 6.09. The molecule has 69 heavy (non-hydrogen) atoms. The van der Waals surface area contributed by atoms with Gasteiger partial charge in [-0.2, -0.15) is 0 Å². The number of rotatable bonds is 20. The molecule has 4 rings (SSSR count). The molecular weight excluding hydrogens is 973 g/mol. The van der Waals surface area contributed by atoms with E-state index in [-0.39, 0.29) is 77.2 Å². The van der Waals surface area contributed by atoms with Crippen LogP contribution in [0.3, 0.4) is 0 Å². The van der Waals surface area contributed by atoms with Crippen molar-refractivity contribution in [2.75, 3.05) is 42.3 Å². The average Bonchev–Trinajstić information content (AvgIpc) is 3.24. The van der Waals surface area contributed by atoms with Crippen molar-refractivity contribution in [2.24, 2.45) is 5.73 Å². The number of nitrogens with zero attached hydrogens (tertiary/aromatic N) is 6. The Labute approximate surface area is 434 Å². The third-order valence-corrected chi connectivity index (χ3v) is 11.9. The first kappa shape index (κ1) is 62.5. The molecule has 24 heteroatoms. The topological polar surface area (TPSA) is 308 Å². The molecule has 0 saturated heterocycles. The fraction of sp³-hybridized carbons (Fsp3) is 0.422. The number of sulfonamides is 2. The van der Waals surface area contributed by atoms with Crippen molar-refractivity contribution in [1.82, 2.24) is 19.9 Å². The minimum atomic E-state index is -3.65. The van der Waals surface area contributed by atoms with Crippen LogP contribution in [-0.2, 0) is 29.6 Å². The van der Waals surface area contributed by atoms with E-state index in [0.29, 0.717) is 45.0 Å². The predicted molar refractivity (Wildman–Crippen MR) is 263 cm³/mol. The zero-order valence-electron chi connectivity index (χ0n) is 41.9. The van der Waals surface area contributed by atoms with Gasteiger partial charge in [-0.25, -0.2) is 54.2 Å². The second kappa shape index (κ2) is 28.3. The molecule has 0 fully saturated rings. The van der Waals surface area contributed by atoms with E-state index in [1.54, 1.807) is 0 Å². The molecule has 0 amide bonds. The summed E-state index contributed by atoms with van der Waals surface area (Å²) >= 11 is 0. The number of anilines is 2. The number of halogens is 2. The van der Waals surface area contributed by atoms with Gasteiger partial charge in [-0.15, -0.1) is 0 Å². The molecule has 0 saturated carbocycles. The van der Waals surface area contributed by atoms with Crippen LogP contribution in [0.25, 0.3) is 34.7 Å². The molecule has 0 aliphatic carbocycles. The summed E-state index contributed by atoms with van der Waals surface area (Å²) in [6, 6.07) is 11.0. The molecule has 2 aromatic carbocycles. The summed E-state index contributed by atoms with van der Waals surface area (Å²) in [5.74, 6) is -3.74.